The molecular weight excluding hydrogens is 468 g/mol. The molecular formula is C31H56O6. The summed E-state index contributed by atoms with van der Waals surface area (Å²) in [5, 5.41) is 0. The predicted molar refractivity (Wildman–Crippen MR) is 154 cm³/mol. The highest BCUT2D eigenvalue weighted by Crippen LogP contribution is 2.08. The van der Waals surface area contributed by atoms with Gasteiger partial charge in [0.15, 0.2) is 0 Å². The fourth-order valence-electron chi connectivity index (χ4n) is 2.40. The lowest BCUT2D eigenvalue weighted by Crippen LogP contribution is -2.13. The van der Waals surface area contributed by atoms with Crippen LogP contribution in [0.25, 0.3) is 0 Å². The van der Waals surface area contributed by atoms with Gasteiger partial charge in [0.1, 0.15) is 0 Å². The Labute approximate surface area is 227 Å². The van der Waals surface area contributed by atoms with E-state index in [2.05, 4.69) is 40.5 Å². The Hall–Kier alpha value is -2.37. The van der Waals surface area contributed by atoms with Crippen molar-refractivity contribution in [2.75, 3.05) is 13.2 Å². The van der Waals surface area contributed by atoms with Crippen molar-refractivity contribution in [3.05, 3.63) is 36.5 Å². The first-order valence-corrected chi connectivity index (χ1v) is 13.8. The van der Waals surface area contributed by atoms with Gasteiger partial charge in [-0.2, -0.15) is 0 Å². The number of hydrogen-bond acceptors (Lipinski definition) is 6. The summed E-state index contributed by atoms with van der Waals surface area (Å²) in [6, 6.07) is 0. The zero-order valence-corrected chi connectivity index (χ0v) is 25.2. The molecule has 0 saturated heterocycles. The summed E-state index contributed by atoms with van der Waals surface area (Å²) in [6.45, 7) is 26.7. The lowest BCUT2D eigenvalue weighted by molar-refractivity contribution is -0.143. The van der Waals surface area contributed by atoms with Crippen molar-refractivity contribution in [3.8, 4) is 0 Å². The topological polar surface area (TPSA) is 78.9 Å². The van der Waals surface area contributed by atoms with Crippen molar-refractivity contribution >= 4 is 17.9 Å². The van der Waals surface area contributed by atoms with Crippen LogP contribution in [0.5, 0.6) is 0 Å². The fourth-order valence-corrected chi connectivity index (χ4v) is 2.40. The molecule has 0 aliphatic carbocycles. The highest BCUT2D eigenvalue weighted by Gasteiger charge is 2.06. The second-order valence-corrected chi connectivity index (χ2v) is 9.89. The van der Waals surface area contributed by atoms with Gasteiger partial charge < -0.3 is 14.2 Å². The summed E-state index contributed by atoms with van der Waals surface area (Å²) >= 11 is 0. The number of ether oxygens (including phenoxy) is 3. The van der Waals surface area contributed by atoms with Crippen LogP contribution < -0.4 is 0 Å². The Balaban J connectivity index is -0.000000487. The van der Waals surface area contributed by atoms with E-state index >= 15 is 0 Å². The van der Waals surface area contributed by atoms with Crippen molar-refractivity contribution in [2.24, 2.45) is 5.92 Å². The minimum atomic E-state index is -0.297. The monoisotopic (exact) mass is 524 g/mol. The molecule has 0 bridgehead atoms. The summed E-state index contributed by atoms with van der Waals surface area (Å²) in [6.07, 6.45) is 11.8. The Morgan fingerprint density at radius 3 is 1.41 bits per heavy atom. The van der Waals surface area contributed by atoms with Crippen LogP contribution in [0, 0.1) is 5.92 Å². The van der Waals surface area contributed by atoms with Gasteiger partial charge in [-0.1, -0.05) is 92.4 Å². The third-order valence-electron chi connectivity index (χ3n) is 5.09. The second kappa shape index (κ2) is 26.7. The largest absolute Gasteiger partial charge is 0.462 e. The average molecular weight is 525 g/mol. The van der Waals surface area contributed by atoms with Gasteiger partial charge in [0.05, 0.1) is 19.3 Å². The molecule has 0 heterocycles. The van der Waals surface area contributed by atoms with Crippen molar-refractivity contribution in [2.45, 2.75) is 126 Å². The molecule has 0 amide bonds. The lowest BCUT2D eigenvalue weighted by atomic mass is 10.1. The van der Waals surface area contributed by atoms with Gasteiger partial charge in [-0.15, -0.1) is 0 Å². The van der Waals surface area contributed by atoms with Crippen LogP contribution in [-0.4, -0.2) is 37.2 Å². The average Bonchev–Trinajstić information content (AvgIpc) is 2.82. The molecule has 216 valence electrons. The van der Waals surface area contributed by atoms with Crippen LogP contribution in [-0.2, 0) is 28.6 Å². The molecule has 6 nitrogen and oxygen atoms in total. The third kappa shape index (κ3) is 31.6. The highest BCUT2D eigenvalue weighted by atomic mass is 16.5. The summed E-state index contributed by atoms with van der Waals surface area (Å²) < 4.78 is 14.8. The van der Waals surface area contributed by atoms with Crippen LogP contribution in [0.15, 0.2) is 36.5 Å². The molecule has 0 fully saturated rings. The van der Waals surface area contributed by atoms with Crippen LogP contribution in [0.1, 0.15) is 120 Å². The van der Waals surface area contributed by atoms with Crippen LogP contribution in [0.4, 0.5) is 0 Å². The van der Waals surface area contributed by atoms with Gasteiger partial charge >= 0.3 is 17.9 Å². The predicted octanol–water partition coefficient (Wildman–Crippen LogP) is 8.30. The van der Waals surface area contributed by atoms with E-state index in [1.807, 2.05) is 13.8 Å². The number of hydrogen-bond donors (Lipinski definition) is 0. The Bertz CT molecular complexity index is 663. The summed E-state index contributed by atoms with van der Waals surface area (Å²) in [5.74, 6) is -0.268. The zero-order valence-electron chi connectivity index (χ0n) is 25.2. The molecule has 1 unspecified atom stereocenters. The molecule has 0 aliphatic rings. The maximum absolute atomic E-state index is 11.0. The first-order chi connectivity index (χ1) is 17.3. The van der Waals surface area contributed by atoms with Gasteiger partial charge in [-0.25, -0.2) is 14.4 Å². The molecule has 6 heteroatoms. The first kappa shape index (κ1) is 39.1. The molecule has 0 aromatic heterocycles. The van der Waals surface area contributed by atoms with E-state index in [0.717, 1.165) is 25.7 Å². The number of esters is 3. The van der Waals surface area contributed by atoms with E-state index in [1.54, 1.807) is 20.8 Å². The van der Waals surface area contributed by atoms with E-state index in [9.17, 15) is 14.4 Å². The van der Waals surface area contributed by atoms with Crippen molar-refractivity contribution < 1.29 is 28.6 Å². The van der Waals surface area contributed by atoms with Gasteiger partial charge in [-0.3, -0.25) is 0 Å². The molecule has 0 aliphatic heterocycles. The lowest BCUT2D eigenvalue weighted by Gasteiger charge is -2.09. The summed E-state index contributed by atoms with van der Waals surface area (Å²) in [5.41, 5.74) is 1.41. The fraction of sp³-hybridized carbons (Fsp3) is 0.710. The highest BCUT2D eigenvalue weighted by molar-refractivity contribution is 5.87. The SMILES string of the molecule is C=C(C)C(=O)OC(C)CC.C=C(C)C(=O)OCCC(C)C.C=C(C)C(=O)OCCCCCCCCCC. The standard InChI is InChI=1S/C14H26O2.C9H16O2.C8H14O2/c1-4-5-6-7-8-9-10-11-12-16-14(15)13(2)3;1-7(2)5-6-11-9(10)8(3)4;1-5-7(4)10-8(9)6(2)3/h2,4-12H2,1,3H3;7H,3,5-6H2,1-2,4H3;7H,2,5H2,1,3-4H3. The summed E-state index contributed by atoms with van der Waals surface area (Å²) in [4.78, 5) is 32.6. The number of carbonyl (C=O) groups is 3. The van der Waals surface area contributed by atoms with Gasteiger partial charge in [0, 0.05) is 16.7 Å². The molecule has 0 aromatic carbocycles. The van der Waals surface area contributed by atoms with Crippen molar-refractivity contribution in [1.82, 2.24) is 0 Å². The normalized spacial score (nSPS) is 10.6. The van der Waals surface area contributed by atoms with Gasteiger partial charge in [-0.05, 0) is 52.9 Å². The maximum Gasteiger partial charge on any atom is 0.333 e. The molecule has 0 aromatic rings. The molecule has 0 spiro atoms. The minimum Gasteiger partial charge on any atom is -0.462 e. The Morgan fingerprint density at radius 1 is 0.622 bits per heavy atom. The van der Waals surface area contributed by atoms with Gasteiger partial charge in [0.2, 0.25) is 0 Å². The van der Waals surface area contributed by atoms with E-state index < -0.39 is 0 Å². The number of rotatable bonds is 17. The van der Waals surface area contributed by atoms with E-state index in [0.29, 0.717) is 35.9 Å². The summed E-state index contributed by atoms with van der Waals surface area (Å²) in [7, 11) is 0. The Morgan fingerprint density at radius 2 is 1.03 bits per heavy atom. The maximum atomic E-state index is 11.0. The van der Waals surface area contributed by atoms with Crippen LogP contribution >= 0.6 is 0 Å². The molecule has 1 atom stereocenters. The molecule has 37 heavy (non-hydrogen) atoms. The molecule has 0 radical (unpaired) electrons. The molecule has 0 N–H and O–H groups in total. The first-order valence-electron chi connectivity index (χ1n) is 13.8. The van der Waals surface area contributed by atoms with Crippen molar-refractivity contribution in [1.29, 1.82) is 0 Å². The number of carbonyl (C=O) groups excluding carboxylic acids is 3. The molecule has 0 rings (SSSR count). The van der Waals surface area contributed by atoms with Crippen LogP contribution in [0.3, 0.4) is 0 Å². The minimum absolute atomic E-state index is 0.00389. The quantitative estimate of drug-likeness (QED) is 0.0824. The second-order valence-electron chi connectivity index (χ2n) is 9.89. The van der Waals surface area contributed by atoms with E-state index in [4.69, 9.17) is 14.2 Å². The van der Waals surface area contributed by atoms with E-state index in [1.165, 1.54) is 38.5 Å². The van der Waals surface area contributed by atoms with E-state index in [-0.39, 0.29) is 24.0 Å². The third-order valence-corrected chi connectivity index (χ3v) is 5.09. The van der Waals surface area contributed by atoms with Gasteiger partial charge in [0.25, 0.3) is 0 Å². The molecule has 0 saturated carbocycles. The van der Waals surface area contributed by atoms with Crippen LogP contribution in [0.2, 0.25) is 0 Å². The smallest absolute Gasteiger partial charge is 0.333 e. The zero-order chi connectivity index (χ0) is 29.2. The number of unbranched alkanes of at least 4 members (excludes halogenated alkanes) is 7. The Kier molecular flexibility index (Phi) is 28.2. The van der Waals surface area contributed by atoms with Crippen molar-refractivity contribution in [3.63, 3.8) is 0 Å².